The Morgan fingerprint density at radius 2 is 2.15 bits per heavy atom. The van der Waals surface area contributed by atoms with Crippen molar-refractivity contribution in [1.82, 2.24) is 0 Å². The Morgan fingerprint density at radius 1 is 1.46 bits per heavy atom. The summed E-state index contributed by atoms with van der Waals surface area (Å²) in [7, 11) is 0. The third-order valence-corrected chi connectivity index (χ3v) is 2.64. The van der Waals surface area contributed by atoms with Crippen molar-refractivity contribution in [1.29, 1.82) is 0 Å². The molecule has 1 N–H and O–H groups in total. The van der Waals surface area contributed by atoms with Gasteiger partial charge in [-0.05, 0) is 36.5 Å². The number of halogens is 2. The topological polar surface area (TPSA) is 20.2 Å². The van der Waals surface area contributed by atoms with Gasteiger partial charge in [0.1, 0.15) is 5.82 Å². The maximum atomic E-state index is 12.8. The fraction of sp³-hybridized carbons (Fsp3) is 0.400. The van der Waals surface area contributed by atoms with Crippen LogP contribution in [0.1, 0.15) is 24.5 Å². The van der Waals surface area contributed by atoms with Crippen LogP contribution in [0.2, 0.25) is 5.02 Å². The van der Waals surface area contributed by atoms with Crippen LogP contribution in [-0.2, 0) is 0 Å². The summed E-state index contributed by atoms with van der Waals surface area (Å²) in [6.07, 6.45) is 1.63. The third kappa shape index (κ3) is 1.84. The highest BCUT2D eigenvalue weighted by Crippen LogP contribution is 2.41. The molecule has 1 atom stereocenters. The van der Waals surface area contributed by atoms with Crippen molar-refractivity contribution in [3.05, 3.63) is 34.6 Å². The number of aliphatic hydroxyl groups excluding tert-OH is 1. The first kappa shape index (κ1) is 8.97. The maximum Gasteiger partial charge on any atom is 0.141 e. The van der Waals surface area contributed by atoms with E-state index < -0.39 is 11.9 Å². The van der Waals surface area contributed by atoms with Crippen molar-refractivity contribution in [2.75, 3.05) is 0 Å². The molecule has 1 aromatic carbocycles. The minimum Gasteiger partial charge on any atom is -0.388 e. The fourth-order valence-corrected chi connectivity index (χ4v) is 1.57. The van der Waals surface area contributed by atoms with Crippen LogP contribution >= 0.6 is 11.6 Å². The van der Waals surface area contributed by atoms with Gasteiger partial charge >= 0.3 is 0 Å². The van der Waals surface area contributed by atoms with Crippen LogP contribution in [0.15, 0.2) is 18.2 Å². The second-order valence-electron chi connectivity index (χ2n) is 3.46. The Hall–Kier alpha value is -0.600. The van der Waals surface area contributed by atoms with Gasteiger partial charge in [0.2, 0.25) is 0 Å². The second-order valence-corrected chi connectivity index (χ2v) is 3.86. The summed E-state index contributed by atoms with van der Waals surface area (Å²) in [5, 5.41) is 9.78. The zero-order valence-electron chi connectivity index (χ0n) is 7.00. The minimum absolute atomic E-state index is 0.0807. The Labute approximate surface area is 81.1 Å². The minimum atomic E-state index is -0.474. The summed E-state index contributed by atoms with van der Waals surface area (Å²) in [6, 6.07) is 4.38. The molecule has 0 amide bonds. The molecule has 0 radical (unpaired) electrons. The lowest BCUT2D eigenvalue weighted by molar-refractivity contribution is 0.154. The van der Waals surface area contributed by atoms with E-state index in [1.807, 2.05) is 0 Å². The van der Waals surface area contributed by atoms with Gasteiger partial charge in [0.15, 0.2) is 0 Å². The lowest BCUT2D eigenvalue weighted by Gasteiger charge is -2.09. The summed E-state index contributed by atoms with van der Waals surface area (Å²) in [5.41, 5.74) is 0.717. The molecule has 1 nitrogen and oxygen atoms in total. The summed E-state index contributed by atoms with van der Waals surface area (Å²) < 4.78 is 12.8. The molecule has 0 spiro atoms. The number of aliphatic hydroxyl groups is 1. The van der Waals surface area contributed by atoms with Crippen molar-refractivity contribution in [2.45, 2.75) is 18.9 Å². The Bertz CT molecular complexity index is 323. The summed E-state index contributed by atoms with van der Waals surface area (Å²) >= 11 is 5.60. The predicted octanol–water partition coefficient (Wildman–Crippen LogP) is 2.92. The molecule has 1 aromatic rings. The number of rotatable bonds is 2. The van der Waals surface area contributed by atoms with Crippen LogP contribution < -0.4 is 0 Å². The van der Waals surface area contributed by atoms with Crippen LogP contribution in [-0.4, -0.2) is 5.11 Å². The highest BCUT2D eigenvalue weighted by molar-refractivity contribution is 6.30. The van der Waals surface area contributed by atoms with Crippen molar-refractivity contribution < 1.29 is 9.50 Å². The van der Waals surface area contributed by atoms with E-state index in [4.69, 9.17) is 11.6 Å². The zero-order valence-corrected chi connectivity index (χ0v) is 7.76. The molecule has 1 aliphatic rings. The van der Waals surface area contributed by atoms with Crippen molar-refractivity contribution in [2.24, 2.45) is 5.92 Å². The van der Waals surface area contributed by atoms with Crippen molar-refractivity contribution in [3.8, 4) is 0 Å². The molecule has 13 heavy (non-hydrogen) atoms. The summed E-state index contributed by atoms with van der Waals surface area (Å²) in [4.78, 5) is 0. The van der Waals surface area contributed by atoms with E-state index in [-0.39, 0.29) is 5.02 Å². The Morgan fingerprint density at radius 3 is 2.69 bits per heavy atom. The van der Waals surface area contributed by atoms with Gasteiger partial charge < -0.3 is 5.11 Å². The maximum absolute atomic E-state index is 12.8. The zero-order chi connectivity index (χ0) is 9.42. The molecule has 2 rings (SSSR count). The van der Waals surface area contributed by atoms with E-state index in [9.17, 15) is 9.50 Å². The molecule has 1 aliphatic carbocycles. The quantitative estimate of drug-likeness (QED) is 0.779. The normalized spacial score (nSPS) is 18.7. The van der Waals surface area contributed by atoms with Gasteiger partial charge in [0.05, 0.1) is 11.1 Å². The molecular formula is C10H10ClFO. The molecular weight excluding hydrogens is 191 g/mol. The van der Waals surface area contributed by atoms with Crippen molar-refractivity contribution >= 4 is 11.6 Å². The van der Waals surface area contributed by atoms with Gasteiger partial charge in [0.25, 0.3) is 0 Å². The molecule has 0 unspecified atom stereocenters. The number of hydrogen-bond donors (Lipinski definition) is 1. The molecule has 1 fully saturated rings. The molecule has 3 heteroatoms. The fourth-order valence-electron chi connectivity index (χ4n) is 1.38. The molecule has 70 valence electrons. The molecule has 0 bridgehead atoms. The first-order chi connectivity index (χ1) is 6.18. The molecule has 0 heterocycles. The Kier molecular flexibility index (Phi) is 2.26. The van der Waals surface area contributed by atoms with Gasteiger partial charge in [-0.25, -0.2) is 4.39 Å². The largest absolute Gasteiger partial charge is 0.388 e. The molecule has 1 saturated carbocycles. The van der Waals surface area contributed by atoms with Crippen LogP contribution in [0.4, 0.5) is 4.39 Å². The lowest BCUT2D eigenvalue weighted by Crippen LogP contribution is -1.99. The van der Waals surface area contributed by atoms with Crippen LogP contribution in [0.3, 0.4) is 0 Å². The van der Waals surface area contributed by atoms with E-state index in [1.54, 1.807) is 6.07 Å². The average Bonchev–Trinajstić information content (AvgIpc) is 2.91. The SMILES string of the molecule is O[C@@H](c1ccc(F)c(Cl)c1)C1CC1. The van der Waals surface area contributed by atoms with Gasteiger partial charge in [-0.15, -0.1) is 0 Å². The smallest absolute Gasteiger partial charge is 0.141 e. The van der Waals surface area contributed by atoms with E-state index in [1.165, 1.54) is 12.1 Å². The molecule has 0 aliphatic heterocycles. The van der Waals surface area contributed by atoms with Crippen molar-refractivity contribution in [3.63, 3.8) is 0 Å². The standard InChI is InChI=1S/C10H10ClFO/c11-8-5-7(3-4-9(8)12)10(13)6-1-2-6/h3-6,10,13H,1-2H2/t10-/m1/s1. The van der Waals surface area contributed by atoms with E-state index >= 15 is 0 Å². The van der Waals surface area contributed by atoms with Gasteiger partial charge in [-0.1, -0.05) is 17.7 Å². The van der Waals surface area contributed by atoms with Crippen LogP contribution in [0.5, 0.6) is 0 Å². The van der Waals surface area contributed by atoms with Gasteiger partial charge in [-0.2, -0.15) is 0 Å². The average molecular weight is 201 g/mol. The highest BCUT2D eigenvalue weighted by Gasteiger charge is 2.30. The first-order valence-corrected chi connectivity index (χ1v) is 4.69. The van der Waals surface area contributed by atoms with Gasteiger partial charge in [0, 0.05) is 0 Å². The van der Waals surface area contributed by atoms with E-state index in [0.29, 0.717) is 11.5 Å². The van der Waals surface area contributed by atoms with Crippen LogP contribution in [0, 0.1) is 11.7 Å². The first-order valence-electron chi connectivity index (χ1n) is 4.31. The highest BCUT2D eigenvalue weighted by atomic mass is 35.5. The van der Waals surface area contributed by atoms with E-state index in [0.717, 1.165) is 12.8 Å². The van der Waals surface area contributed by atoms with Crippen LogP contribution in [0.25, 0.3) is 0 Å². The third-order valence-electron chi connectivity index (χ3n) is 2.35. The van der Waals surface area contributed by atoms with E-state index in [2.05, 4.69) is 0 Å². The summed E-state index contributed by atoms with van der Waals surface area (Å²) in [6.45, 7) is 0. The monoisotopic (exact) mass is 200 g/mol. The lowest BCUT2D eigenvalue weighted by atomic mass is 10.1. The number of hydrogen-bond acceptors (Lipinski definition) is 1. The molecule has 0 saturated heterocycles. The number of benzene rings is 1. The molecule has 0 aromatic heterocycles. The Balaban J connectivity index is 2.24. The summed E-state index contributed by atoms with van der Waals surface area (Å²) in [5.74, 6) is -0.0880. The van der Waals surface area contributed by atoms with Gasteiger partial charge in [-0.3, -0.25) is 0 Å². The second kappa shape index (κ2) is 3.28. The predicted molar refractivity (Wildman–Crippen MR) is 49.1 cm³/mol.